The van der Waals surface area contributed by atoms with Crippen LogP contribution in [-0.4, -0.2) is 24.0 Å². The lowest BCUT2D eigenvalue weighted by Crippen LogP contribution is -2.38. The Morgan fingerprint density at radius 1 is 1.33 bits per heavy atom. The van der Waals surface area contributed by atoms with Crippen LogP contribution in [0, 0.1) is 17.3 Å². The molecule has 1 spiro atoms. The number of rotatable bonds is 3. The van der Waals surface area contributed by atoms with Gasteiger partial charge in [-0.05, 0) is 42.9 Å². The van der Waals surface area contributed by atoms with Crippen LogP contribution in [0.2, 0.25) is 0 Å². The van der Waals surface area contributed by atoms with Crippen molar-refractivity contribution in [2.45, 2.75) is 51.9 Å². The molecule has 1 unspecified atom stereocenters. The summed E-state index contributed by atoms with van der Waals surface area (Å²) in [6.07, 6.45) is 10.0. The molecular formula is C15H26N2S. The van der Waals surface area contributed by atoms with E-state index in [0.29, 0.717) is 5.41 Å². The molecule has 3 aliphatic rings. The van der Waals surface area contributed by atoms with Crippen molar-refractivity contribution in [1.82, 2.24) is 5.32 Å². The molecule has 1 N–H and O–H groups in total. The Balaban J connectivity index is 1.47. The Morgan fingerprint density at radius 2 is 2.11 bits per heavy atom. The first-order chi connectivity index (χ1) is 8.77. The number of nitrogens with zero attached hydrogens (tertiary/aromatic N) is 1. The van der Waals surface area contributed by atoms with E-state index in [2.05, 4.69) is 12.2 Å². The Bertz CT molecular complexity index is 316. The van der Waals surface area contributed by atoms with Gasteiger partial charge in [-0.3, -0.25) is 4.99 Å². The summed E-state index contributed by atoms with van der Waals surface area (Å²) in [5.41, 5.74) is 0.566. The van der Waals surface area contributed by atoms with Gasteiger partial charge in [0.25, 0.3) is 0 Å². The minimum absolute atomic E-state index is 0.566. The van der Waals surface area contributed by atoms with Crippen molar-refractivity contribution in [2.75, 3.05) is 18.8 Å². The Morgan fingerprint density at radius 3 is 2.72 bits per heavy atom. The number of hydrogen-bond acceptors (Lipinski definition) is 3. The van der Waals surface area contributed by atoms with Crippen LogP contribution in [-0.2, 0) is 0 Å². The minimum atomic E-state index is 0.566. The van der Waals surface area contributed by atoms with E-state index in [9.17, 15) is 0 Å². The van der Waals surface area contributed by atoms with Crippen LogP contribution in [0.3, 0.4) is 0 Å². The van der Waals surface area contributed by atoms with Crippen molar-refractivity contribution in [2.24, 2.45) is 22.2 Å². The van der Waals surface area contributed by atoms with Gasteiger partial charge >= 0.3 is 0 Å². The number of hydrogen-bond donors (Lipinski definition) is 1. The molecule has 3 heteroatoms. The van der Waals surface area contributed by atoms with Crippen molar-refractivity contribution < 1.29 is 0 Å². The van der Waals surface area contributed by atoms with Gasteiger partial charge in [0.05, 0.1) is 0 Å². The van der Waals surface area contributed by atoms with Crippen LogP contribution >= 0.6 is 11.8 Å². The van der Waals surface area contributed by atoms with Gasteiger partial charge in [-0.2, -0.15) is 0 Å². The summed E-state index contributed by atoms with van der Waals surface area (Å²) in [6, 6.07) is 0. The fourth-order valence-corrected chi connectivity index (χ4v) is 4.51. The van der Waals surface area contributed by atoms with E-state index < -0.39 is 0 Å². The maximum absolute atomic E-state index is 4.83. The van der Waals surface area contributed by atoms with E-state index in [1.807, 2.05) is 11.8 Å². The molecular weight excluding hydrogens is 240 g/mol. The first-order valence-corrected chi connectivity index (χ1v) is 8.67. The molecule has 0 radical (unpaired) electrons. The molecule has 1 heterocycles. The Labute approximate surface area is 115 Å². The van der Waals surface area contributed by atoms with Gasteiger partial charge in [-0.25, -0.2) is 0 Å². The van der Waals surface area contributed by atoms with Gasteiger partial charge in [-0.15, -0.1) is 0 Å². The van der Waals surface area contributed by atoms with Crippen molar-refractivity contribution in [3.8, 4) is 0 Å². The summed E-state index contributed by atoms with van der Waals surface area (Å²) in [5.74, 6) is 3.13. The van der Waals surface area contributed by atoms with Crippen LogP contribution in [0.5, 0.6) is 0 Å². The standard InChI is InChI=1S/C15H26N2S/c1-12(13-5-6-13)9-16-14-17-10-15(11-18-14)7-3-2-4-8-15/h12-13H,2-11H2,1H3,(H,16,17). The van der Waals surface area contributed by atoms with Crippen molar-refractivity contribution in [3.63, 3.8) is 0 Å². The predicted octanol–water partition coefficient (Wildman–Crippen LogP) is 3.68. The number of aliphatic imine (C=N–C) groups is 1. The summed E-state index contributed by atoms with van der Waals surface area (Å²) in [6.45, 7) is 4.59. The zero-order valence-electron chi connectivity index (χ0n) is 11.6. The molecule has 2 nitrogen and oxygen atoms in total. The van der Waals surface area contributed by atoms with E-state index in [1.54, 1.807) is 0 Å². The van der Waals surface area contributed by atoms with Crippen LogP contribution in [0.25, 0.3) is 0 Å². The van der Waals surface area contributed by atoms with Crippen LogP contribution in [0.15, 0.2) is 4.99 Å². The summed E-state index contributed by atoms with van der Waals surface area (Å²) in [7, 11) is 0. The molecule has 1 aliphatic heterocycles. The maximum atomic E-state index is 4.83. The number of nitrogens with one attached hydrogen (secondary N) is 1. The maximum Gasteiger partial charge on any atom is 0.156 e. The molecule has 18 heavy (non-hydrogen) atoms. The van der Waals surface area contributed by atoms with Crippen LogP contribution in [0.1, 0.15) is 51.9 Å². The lowest BCUT2D eigenvalue weighted by molar-refractivity contribution is 0.232. The lowest BCUT2D eigenvalue weighted by atomic mass is 9.75. The SMILES string of the molecule is CC(CNC1=NCC2(CCCCC2)CS1)C1CC1. The van der Waals surface area contributed by atoms with E-state index in [4.69, 9.17) is 4.99 Å². The smallest absolute Gasteiger partial charge is 0.156 e. The highest BCUT2D eigenvalue weighted by Crippen LogP contribution is 2.41. The highest BCUT2D eigenvalue weighted by Gasteiger charge is 2.35. The molecule has 2 saturated carbocycles. The molecule has 0 saturated heterocycles. The van der Waals surface area contributed by atoms with E-state index in [1.165, 1.54) is 55.9 Å². The van der Waals surface area contributed by atoms with Crippen molar-refractivity contribution >= 4 is 16.9 Å². The fourth-order valence-electron chi connectivity index (χ4n) is 3.34. The average Bonchev–Trinajstić information content (AvgIpc) is 3.23. The van der Waals surface area contributed by atoms with Gasteiger partial charge in [-0.1, -0.05) is 37.9 Å². The van der Waals surface area contributed by atoms with Gasteiger partial charge in [0.1, 0.15) is 0 Å². The molecule has 2 fully saturated rings. The molecule has 0 amide bonds. The van der Waals surface area contributed by atoms with Gasteiger partial charge in [0.15, 0.2) is 5.17 Å². The van der Waals surface area contributed by atoms with E-state index >= 15 is 0 Å². The van der Waals surface area contributed by atoms with Gasteiger partial charge < -0.3 is 5.32 Å². The first-order valence-electron chi connectivity index (χ1n) is 7.69. The van der Waals surface area contributed by atoms with Crippen molar-refractivity contribution in [1.29, 1.82) is 0 Å². The second-order valence-electron chi connectivity index (χ2n) is 6.67. The lowest BCUT2D eigenvalue weighted by Gasteiger charge is -2.38. The second-order valence-corrected chi connectivity index (χ2v) is 7.63. The largest absolute Gasteiger partial charge is 0.365 e. The summed E-state index contributed by atoms with van der Waals surface area (Å²) in [4.78, 5) is 4.83. The molecule has 102 valence electrons. The topological polar surface area (TPSA) is 24.4 Å². The summed E-state index contributed by atoms with van der Waals surface area (Å²) < 4.78 is 0. The fraction of sp³-hybridized carbons (Fsp3) is 0.933. The summed E-state index contributed by atoms with van der Waals surface area (Å²) >= 11 is 1.98. The Hall–Kier alpha value is -0.180. The molecule has 1 atom stereocenters. The average molecular weight is 266 g/mol. The highest BCUT2D eigenvalue weighted by atomic mass is 32.2. The third kappa shape index (κ3) is 3.04. The van der Waals surface area contributed by atoms with Crippen LogP contribution in [0.4, 0.5) is 0 Å². The summed E-state index contributed by atoms with van der Waals surface area (Å²) in [5, 5.41) is 4.80. The third-order valence-electron chi connectivity index (χ3n) is 4.99. The Kier molecular flexibility index (Phi) is 3.88. The van der Waals surface area contributed by atoms with Crippen molar-refractivity contribution in [3.05, 3.63) is 0 Å². The molecule has 0 aromatic carbocycles. The molecule has 0 bridgehead atoms. The molecule has 2 aliphatic carbocycles. The first kappa shape index (κ1) is 12.8. The monoisotopic (exact) mass is 266 g/mol. The normalized spacial score (nSPS) is 28.8. The molecule has 3 rings (SSSR count). The van der Waals surface area contributed by atoms with Crippen LogP contribution < -0.4 is 5.32 Å². The predicted molar refractivity (Wildman–Crippen MR) is 80.2 cm³/mol. The quantitative estimate of drug-likeness (QED) is 0.843. The van der Waals surface area contributed by atoms with E-state index in [0.717, 1.165) is 24.9 Å². The third-order valence-corrected chi connectivity index (χ3v) is 6.29. The van der Waals surface area contributed by atoms with Gasteiger partial charge in [0, 0.05) is 18.8 Å². The number of amidine groups is 1. The number of thioether (sulfide) groups is 1. The van der Waals surface area contributed by atoms with Gasteiger partial charge in [0.2, 0.25) is 0 Å². The van der Waals surface area contributed by atoms with E-state index in [-0.39, 0.29) is 0 Å². The minimum Gasteiger partial charge on any atom is -0.365 e. The second kappa shape index (κ2) is 5.44. The molecule has 0 aromatic rings. The highest BCUT2D eigenvalue weighted by molar-refractivity contribution is 8.13. The zero-order valence-corrected chi connectivity index (χ0v) is 12.4. The zero-order chi connectivity index (χ0) is 12.4. The molecule has 0 aromatic heterocycles.